The Balaban J connectivity index is 2.74. The van der Waals surface area contributed by atoms with E-state index in [0.717, 1.165) is 9.21 Å². The summed E-state index contributed by atoms with van der Waals surface area (Å²) in [5, 5.41) is 0. The first-order valence-corrected chi connectivity index (χ1v) is 4.15. The number of hydrogen-bond acceptors (Lipinski definition) is 3. The normalized spacial score (nSPS) is 13.5. The molecule has 0 aliphatic carbocycles. The van der Waals surface area contributed by atoms with Crippen molar-refractivity contribution in [1.29, 1.82) is 0 Å². The van der Waals surface area contributed by atoms with Gasteiger partial charge < -0.3 is 0 Å². The van der Waals surface area contributed by atoms with Crippen LogP contribution < -0.4 is 11.3 Å². The molecule has 0 aliphatic heterocycles. The van der Waals surface area contributed by atoms with Crippen LogP contribution in [0.3, 0.4) is 0 Å². The number of nitrogens with one attached hydrogen (secondary N) is 1. The summed E-state index contributed by atoms with van der Waals surface area (Å²) in [7, 11) is 0. The topological polar surface area (TPSA) is 38.0 Å². The van der Waals surface area contributed by atoms with Gasteiger partial charge in [-0.3, -0.25) is 11.3 Å². The zero-order valence-corrected chi connectivity index (χ0v) is 7.17. The number of nitrogens with two attached hydrogens (primary N) is 1. The summed E-state index contributed by atoms with van der Waals surface area (Å²) < 4.78 is 0.803. The molecule has 4 heteroatoms. The summed E-state index contributed by atoms with van der Waals surface area (Å²) >= 11 is 7.25. The van der Waals surface area contributed by atoms with Crippen molar-refractivity contribution in [2.24, 2.45) is 5.84 Å². The molecule has 10 heavy (non-hydrogen) atoms. The van der Waals surface area contributed by atoms with E-state index >= 15 is 0 Å². The van der Waals surface area contributed by atoms with Gasteiger partial charge in [0.2, 0.25) is 0 Å². The van der Waals surface area contributed by atoms with Crippen molar-refractivity contribution in [3.63, 3.8) is 0 Å². The number of thiophene rings is 1. The molecule has 1 aromatic heterocycles. The van der Waals surface area contributed by atoms with Gasteiger partial charge in [0.15, 0.2) is 0 Å². The van der Waals surface area contributed by atoms with E-state index in [0.29, 0.717) is 0 Å². The zero-order chi connectivity index (χ0) is 7.56. The molecule has 2 nitrogen and oxygen atoms in total. The van der Waals surface area contributed by atoms with Crippen LogP contribution in [-0.4, -0.2) is 0 Å². The highest BCUT2D eigenvalue weighted by atomic mass is 35.5. The van der Waals surface area contributed by atoms with Gasteiger partial charge >= 0.3 is 0 Å². The molecule has 3 N–H and O–H groups in total. The largest absolute Gasteiger partial charge is 0.271 e. The lowest BCUT2D eigenvalue weighted by atomic mass is 10.3. The van der Waals surface area contributed by atoms with Crippen LogP contribution in [0.15, 0.2) is 12.1 Å². The van der Waals surface area contributed by atoms with Crippen LogP contribution in [0.4, 0.5) is 0 Å². The maximum Gasteiger partial charge on any atom is 0.0931 e. The van der Waals surface area contributed by atoms with Crippen molar-refractivity contribution >= 4 is 22.9 Å². The van der Waals surface area contributed by atoms with Crippen molar-refractivity contribution in [3.05, 3.63) is 21.3 Å². The third-order valence-electron chi connectivity index (χ3n) is 1.27. The van der Waals surface area contributed by atoms with Gasteiger partial charge in [0.05, 0.1) is 10.4 Å². The molecule has 1 atom stereocenters. The fraction of sp³-hybridized carbons (Fsp3) is 0.333. The van der Waals surface area contributed by atoms with Crippen molar-refractivity contribution < 1.29 is 0 Å². The maximum atomic E-state index is 5.71. The van der Waals surface area contributed by atoms with Gasteiger partial charge in [0.25, 0.3) is 0 Å². The van der Waals surface area contributed by atoms with E-state index in [1.807, 2.05) is 19.1 Å². The molecule has 0 radical (unpaired) electrons. The highest BCUT2D eigenvalue weighted by Crippen LogP contribution is 2.25. The third-order valence-corrected chi connectivity index (χ3v) is 2.68. The second-order valence-corrected chi connectivity index (χ2v) is 3.78. The van der Waals surface area contributed by atoms with Crippen LogP contribution in [0.1, 0.15) is 17.8 Å². The molecule has 56 valence electrons. The van der Waals surface area contributed by atoms with Crippen LogP contribution in [0, 0.1) is 0 Å². The van der Waals surface area contributed by atoms with E-state index in [9.17, 15) is 0 Å². The van der Waals surface area contributed by atoms with Gasteiger partial charge in [-0.1, -0.05) is 11.6 Å². The summed E-state index contributed by atoms with van der Waals surface area (Å²) in [6, 6.07) is 4.03. The molecule has 0 spiro atoms. The molecule has 0 saturated heterocycles. The minimum atomic E-state index is 0.192. The Hall–Kier alpha value is -0.0900. The van der Waals surface area contributed by atoms with Crippen LogP contribution in [0.25, 0.3) is 0 Å². The predicted octanol–water partition coefficient (Wildman–Crippen LogP) is 1.93. The van der Waals surface area contributed by atoms with Crippen LogP contribution >= 0.6 is 22.9 Å². The monoisotopic (exact) mass is 176 g/mol. The second-order valence-electron chi connectivity index (χ2n) is 2.03. The second kappa shape index (κ2) is 3.34. The van der Waals surface area contributed by atoms with Gasteiger partial charge in [-0.05, 0) is 19.1 Å². The van der Waals surface area contributed by atoms with Crippen LogP contribution in [0.5, 0.6) is 0 Å². The minimum Gasteiger partial charge on any atom is -0.271 e. The molecule has 1 aromatic rings. The molecular weight excluding hydrogens is 168 g/mol. The molecular formula is C6H9ClN2S. The van der Waals surface area contributed by atoms with Crippen LogP contribution in [-0.2, 0) is 0 Å². The Morgan fingerprint density at radius 1 is 1.70 bits per heavy atom. The molecule has 0 aliphatic rings. The average molecular weight is 177 g/mol. The van der Waals surface area contributed by atoms with Crippen molar-refractivity contribution in [3.8, 4) is 0 Å². The Kier molecular flexibility index (Phi) is 2.68. The quantitative estimate of drug-likeness (QED) is 0.534. The first-order valence-electron chi connectivity index (χ1n) is 2.95. The fourth-order valence-corrected chi connectivity index (χ4v) is 1.72. The summed E-state index contributed by atoms with van der Waals surface area (Å²) in [6.45, 7) is 1.99. The van der Waals surface area contributed by atoms with E-state index in [-0.39, 0.29) is 6.04 Å². The van der Waals surface area contributed by atoms with Gasteiger partial charge in [-0.2, -0.15) is 0 Å². The molecule has 1 rings (SSSR count). The molecule has 0 saturated carbocycles. The summed E-state index contributed by atoms with van der Waals surface area (Å²) in [5.41, 5.74) is 2.65. The van der Waals surface area contributed by atoms with Crippen molar-refractivity contribution in [1.82, 2.24) is 5.43 Å². The summed E-state index contributed by atoms with van der Waals surface area (Å²) in [5.74, 6) is 5.23. The van der Waals surface area contributed by atoms with E-state index < -0.39 is 0 Å². The lowest BCUT2D eigenvalue weighted by Crippen LogP contribution is -2.24. The summed E-state index contributed by atoms with van der Waals surface area (Å²) in [6.07, 6.45) is 0. The number of hydrogen-bond donors (Lipinski definition) is 2. The molecule has 0 fully saturated rings. The highest BCUT2D eigenvalue weighted by Gasteiger charge is 2.04. The average Bonchev–Trinajstić information content (AvgIpc) is 2.34. The first-order chi connectivity index (χ1) is 4.74. The van der Waals surface area contributed by atoms with E-state index in [1.54, 1.807) is 11.3 Å². The number of rotatable bonds is 2. The van der Waals surface area contributed by atoms with E-state index in [2.05, 4.69) is 5.43 Å². The molecule has 0 unspecified atom stereocenters. The Labute approximate surface area is 69.0 Å². The van der Waals surface area contributed by atoms with Crippen LogP contribution in [0.2, 0.25) is 4.34 Å². The Morgan fingerprint density at radius 2 is 2.40 bits per heavy atom. The first kappa shape index (κ1) is 8.01. The van der Waals surface area contributed by atoms with E-state index in [4.69, 9.17) is 17.4 Å². The number of hydrazine groups is 1. The SMILES string of the molecule is C[C@H](NN)c1ccc(Cl)s1. The van der Waals surface area contributed by atoms with Crippen molar-refractivity contribution in [2.45, 2.75) is 13.0 Å². The Bertz CT molecular complexity index is 211. The smallest absolute Gasteiger partial charge is 0.0931 e. The molecule has 0 amide bonds. The molecule has 0 bridgehead atoms. The number of halogens is 1. The van der Waals surface area contributed by atoms with Gasteiger partial charge in [-0.25, -0.2) is 0 Å². The zero-order valence-electron chi connectivity index (χ0n) is 5.60. The summed E-state index contributed by atoms with van der Waals surface area (Å²) in [4.78, 5) is 1.16. The fourth-order valence-electron chi connectivity index (χ4n) is 0.643. The molecule has 1 heterocycles. The Morgan fingerprint density at radius 3 is 2.80 bits per heavy atom. The molecule has 0 aromatic carbocycles. The third kappa shape index (κ3) is 1.70. The lowest BCUT2D eigenvalue weighted by molar-refractivity contribution is 0.612. The van der Waals surface area contributed by atoms with E-state index in [1.165, 1.54) is 0 Å². The van der Waals surface area contributed by atoms with Gasteiger partial charge in [0, 0.05) is 4.88 Å². The van der Waals surface area contributed by atoms with Gasteiger partial charge in [0.1, 0.15) is 0 Å². The maximum absolute atomic E-state index is 5.71. The lowest BCUT2D eigenvalue weighted by Gasteiger charge is -2.04. The standard InChI is InChI=1S/C6H9ClN2S/c1-4(9-8)5-2-3-6(7)10-5/h2-4,9H,8H2,1H3/t4-/m0/s1. The highest BCUT2D eigenvalue weighted by molar-refractivity contribution is 7.16. The predicted molar refractivity (Wildman–Crippen MR) is 45.1 cm³/mol. The van der Waals surface area contributed by atoms with Gasteiger partial charge in [-0.15, -0.1) is 11.3 Å². The van der Waals surface area contributed by atoms with Crippen molar-refractivity contribution in [2.75, 3.05) is 0 Å². The minimum absolute atomic E-state index is 0.192.